The predicted molar refractivity (Wildman–Crippen MR) is 75.4 cm³/mol. The number of carbonyl (C=O) groups is 2. The lowest BCUT2D eigenvalue weighted by Gasteiger charge is -2.24. The lowest BCUT2D eigenvalue weighted by molar-refractivity contribution is 0.0648. The van der Waals surface area contributed by atoms with Gasteiger partial charge in [0.2, 0.25) is 5.76 Å². The van der Waals surface area contributed by atoms with Crippen molar-refractivity contribution < 1.29 is 19.2 Å². The van der Waals surface area contributed by atoms with E-state index in [-0.39, 0.29) is 17.5 Å². The molecule has 1 aromatic carbocycles. The van der Waals surface area contributed by atoms with Crippen LogP contribution in [0.5, 0.6) is 0 Å². The van der Waals surface area contributed by atoms with Crippen LogP contribution in [0.1, 0.15) is 39.6 Å². The number of hydrogen-bond donors (Lipinski definition) is 1. The van der Waals surface area contributed by atoms with Gasteiger partial charge in [-0.2, -0.15) is 0 Å². The van der Waals surface area contributed by atoms with Crippen LogP contribution in [0, 0.1) is 0 Å². The molecule has 7 heteroatoms. The van der Waals surface area contributed by atoms with E-state index in [0.717, 1.165) is 11.6 Å². The van der Waals surface area contributed by atoms with E-state index in [2.05, 4.69) is 9.68 Å². The quantitative estimate of drug-likeness (QED) is 0.939. The summed E-state index contributed by atoms with van der Waals surface area (Å²) in [4.78, 5) is 24.4. The van der Waals surface area contributed by atoms with Gasteiger partial charge in [0.1, 0.15) is 0 Å². The highest BCUT2D eigenvalue weighted by molar-refractivity contribution is 6.30. The van der Waals surface area contributed by atoms with Crippen molar-refractivity contribution in [1.29, 1.82) is 0 Å². The van der Waals surface area contributed by atoms with E-state index >= 15 is 0 Å². The molecule has 21 heavy (non-hydrogen) atoms. The SMILES string of the molecule is CC(c1ccc(Cl)cc1)N(C)C(=O)c1cc(C(=O)O)on1. The second-order valence-corrected chi connectivity index (χ2v) is 4.96. The van der Waals surface area contributed by atoms with Gasteiger partial charge in [-0.15, -0.1) is 0 Å². The zero-order chi connectivity index (χ0) is 15.6. The van der Waals surface area contributed by atoms with E-state index < -0.39 is 11.9 Å². The molecule has 0 bridgehead atoms. The molecule has 0 aliphatic heterocycles. The van der Waals surface area contributed by atoms with E-state index in [9.17, 15) is 9.59 Å². The monoisotopic (exact) mass is 308 g/mol. The number of hydrogen-bond acceptors (Lipinski definition) is 4. The van der Waals surface area contributed by atoms with Gasteiger partial charge < -0.3 is 14.5 Å². The maximum Gasteiger partial charge on any atom is 0.374 e. The van der Waals surface area contributed by atoms with Crippen LogP contribution in [0.3, 0.4) is 0 Å². The minimum atomic E-state index is -1.27. The van der Waals surface area contributed by atoms with Gasteiger partial charge in [-0.05, 0) is 24.6 Å². The standard InChI is InChI=1S/C14H13ClN2O4/c1-8(9-3-5-10(15)6-4-9)17(2)13(18)11-7-12(14(19)20)21-16-11/h3-8H,1-2H3,(H,19,20). The molecule has 0 fully saturated rings. The van der Waals surface area contributed by atoms with Crippen molar-refractivity contribution in [3.8, 4) is 0 Å². The fourth-order valence-corrected chi connectivity index (χ4v) is 1.92. The van der Waals surface area contributed by atoms with Gasteiger partial charge in [-0.3, -0.25) is 4.79 Å². The highest BCUT2D eigenvalue weighted by Gasteiger charge is 2.23. The smallest absolute Gasteiger partial charge is 0.374 e. The molecule has 2 aromatic rings. The average Bonchev–Trinajstić information content (AvgIpc) is 2.96. The molecule has 1 unspecified atom stereocenters. The normalized spacial score (nSPS) is 12.0. The van der Waals surface area contributed by atoms with E-state index in [1.165, 1.54) is 4.90 Å². The summed E-state index contributed by atoms with van der Waals surface area (Å²) in [6, 6.07) is 8.01. The van der Waals surface area contributed by atoms with Crippen LogP contribution in [0.4, 0.5) is 0 Å². The molecule has 1 heterocycles. The molecular formula is C14H13ClN2O4. The zero-order valence-electron chi connectivity index (χ0n) is 11.4. The number of carbonyl (C=O) groups excluding carboxylic acids is 1. The first-order chi connectivity index (χ1) is 9.90. The summed E-state index contributed by atoms with van der Waals surface area (Å²) >= 11 is 5.83. The Morgan fingerprint density at radius 3 is 2.48 bits per heavy atom. The van der Waals surface area contributed by atoms with Crippen molar-refractivity contribution in [2.24, 2.45) is 0 Å². The topological polar surface area (TPSA) is 83.6 Å². The number of benzene rings is 1. The number of aromatic nitrogens is 1. The first-order valence-electron chi connectivity index (χ1n) is 6.12. The second kappa shape index (κ2) is 5.97. The van der Waals surface area contributed by atoms with Crippen LogP contribution in [0.25, 0.3) is 0 Å². The van der Waals surface area contributed by atoms with Crippen LogP contribution >= 0.6 is 11.6 Å². The third kappa shape index (κ3) is 3.22. The van der Waals surface area contributed by atoms with Crippen LogP contribution in [-0.2, 0) is 0 Å². The Morgan fingerprint density at radius 1 is 1.33 bits per heavy atom. The summed E-state index contributed by atoms with van der Waals surface area (Å²) in [7, 11) is 1.61. The van der Waals surface area contributed by atoms with Crippen molar-refractivity contribution in [1.82, 2.24) is 10.1 Å². The van der Waals surface area contributed by atoms with Gasteiger partial charge in [0.25, 0.3) is 5.91 Å². The predicted octanol–water partition coefficient (Wildman–Crippen LogP) is 2.86. The molecule has 1 amide bonds. The highest BCUT2D eigenvalue weighted by Crippen LogP contribution is 2.22. The molecule has 0 radical (unpaired) electrons. The number of halogens is 1. The number of aromatic carboxylic acids is 1. The van der Waals surface area contributed by atoms with Crippen LogP contribution in [0.15, 0.2) is 34.9 Å². The van der Waals surface area contributed by atoms with E-state index in [1.807, 2.05) is 19.1 Å². The number of carboxylic acids is 1. The van der Waals surface area contributed by atoms with Gasteiger partial charge in [0.15, 0.2) is 5.69 Å². The van der Waals surface area contributed by atoms with E-state index in [0.29, 0.717) is 5.02 Å². The Labute approximate surface area is 125 Å². The summed E-state index contributed by atoms with van der Waals surface area (Å²) in [6.07, 6.45) is 0. The summed E-state index contributed by atoms with van der Waals surface area (Å²) in [6.45, 7) is 1.85. The van der Waals surface area contributed by atoms with Gasteiger partial charge in [-0.1, -0.05) is 28.9 Å². The zero-order valence-corrected chi connectivity index (χ0v) is 12.2. The van der Waals surface area contributed by atoms with Crippen molar-refractivity contribution in [3.63, 3.8) is 0 Å². The van der Waals surface area contributed by atoms with Gasteiger partial charge in [0.05, 0.1) is 6.04 Å². The molecule has 1 atom stereocenters. The molecular weight excluding hydrogens is 296 g/mol. The molecule has 1 aromatic heterocycles. The Balaban J connectivity index is 2.17. The van der Waals surface area contributed by atoms with Gasteiger partial charge >= 0.3 is 5.97 Å². The molecule has 0 saturated carbocycles. The summed E-state index contributed by atoms with van der Waals surface area (Å²) in [5.74, 6) is -2.06. The van der Waals surface area contributed by atoms with Crippen molar-refractivity contribution in [2.75, 3.05) is 7.05 Å². The van der Waals surface area contributed by atoms with Crippen LogP contribution in [0.2, 0.25) is 5.02 Å². The molecule has 2 rings (SSSR count). The minimum Gasteiger partial charge on any atom is -0.475 e. The van der Waals surface area contributed by atoms with E-state index in [1.54, 1.807) is 19.2 Å². The van der Waals surface area contributed by atoms with Crippen LogP contribution < -0.4 is 0 Å². The molecule has 0 saturated heterocycles. The first kappa shape index (κ1) is 15.1. The van der Waals surface area contributed by atoms with Crippen LogP contribution in [-0.4, -0.2) is 34.1 Å². The number of amides is 1. The van der Waals surface area contributed by atoms with Crippen molar-refractivity contribution in [3.05, 3.63) is 52.4 Å². The molecule has 6 nitrogen and oxygen atoms in total. The Bertz CT molecular complexity index is 666. The number of nitrogens with zero attached hydrogens (tertiary/aromatic N) is 2. The number of rotatable bonds is 4. The van der Waals surface area contributed by atoms with E-state index in [4.69, 9.17) is 16.7 Å². The Hall–Kier alpha value is -2.34. The van der Waals surface area contributed by atoms with Crippen molar-refractivity contribution in [2.45, 2.75) is 13.0 Å². The lowest BCUT2D eigenvalue weighted by Crippen LogP contribution is -2.29. The second-order valence-electron chi connectivity index (χ2n) is 4.53. The average molecular weight is 309 g/mol. The Kier molecular flexibility index (Phi) is 4.28. The lowest BCUT2D eigenvalue weighted by atomic mass is 10.1. The van der Waals surface area contributed by atoms with Gasteiger partial charge in [0, 0.05) is 18.1 Å². The maximum atomic E-state index is 12.2. The van der Waals surface area contributed by atoms with Crippen molar-refractivity contribution >= 4 is 23.5 Å². The fraction of sp³-hybridized carbons (Fsp3) is 0.214. The molecule has 0 aliphatic carbocycles. The maximum absolute atomic E-state index is 12.2. The minimum absolute atomic E-state index is 0.0456. The third-order valence-corrected chi connectivity index (χ3v) is 3.45. The molecule has 0 aliphatic rings. The third-order valence-electron chi connectivity index (χ3n) is 3.19. The molecule has 0 spiro atoms. The highest BCUT2D eigenvalue weighted by atomic mass is 35.5. The molecule has 1 N–H and O–H groups in total. The summed E-state index contributed by atoms with van der Waals surface area (Å²) < 4.78 is 4.58. The summed E-state index contributed by atoms with van der Waals surface area (Å²) in [5.41, 5.74) is 0.855. The number of carboxylic acid groups (broad SMARTS) is 1. The Morgan fingerprint density at radius 2 is 1.95 bits per heavy atom. The largest absolute Gasteiger partial charge is 0.475 e. The fourth-order valence-electron chi connectivity index (χ4n) is 1.80. The molecule has 110 valence electrons. The van der Waals surface area contributed by atoms with Gasteiger partial charge in [-0.25, -0.2) is 4.79 Å². The first-order valence-corrected chi connectivity index (χ1v) is 6.50. The summed E-state index contributed by atoms with van der Waals surface area (Å²) in [5, 5.41) is 12.9.